The first kappa shape index (κ1) is 19.4. The first-order valence-corrected chi connectivity index (χ1v) is 9.94. The second-order valence-electron chi connectivity index (χ2n) is 7.30. The molecule has 29 heavy (non-hydrogen) atoms. The lowest BCUT2D eigenvalue weighted by atomic mass is 10.0. The van der Waals surface area contributed by atoms with Crippen LogP contribution in [0.5, 0.6) is 23.0 Å². The second-order valence-corrected chi connectivity index (χ2v) is 7.30. The molecule has 1 unspecified atom stereocenters. The molecular weight excluding hydrogens is 372 g/mol. The smallest absolute Gasteiger partial charge is 0.279 e. The number of benzene rings is 2. The van der Waals surface area contributed by atoms with Gasteiger partial charge in [0.1, 0.15) is 19.3 Å². The van der Waals surface area contributed by atoms with Crippen molar-refractivity contribution in [2.45, 2.75) is 18.9 Å². The van der Waals surface area contributed by atoms with E-state index in [0.29, 0.717) is 36.9 Å². The zero-order valence-electron chi connectivity index (χ0n) is 16.8. The van der Waals surface area contributed by atoms with Crippen LogP contribution in [0.2, 0.25) is 0 Å². The molecule has 7 heteroatoms. The number of nitrogens with one attached hydrogen (secondary N) is 2. The van der Waals surface area contributed by atoms with E-state index in [1.165, 1.54) is 10.5 Å². The largest absolute Gasteiger partial charge is 0.493 e. The molecular formula is C22H27N2O5+. The van der Waals surface area contributed by atoms with E-state index in [1.807, 2.05) is 12.1 Å². The number of carbonyl (C=O) groups excluding carboxylic acids is 1. The number of ether oxygens (including phenoxy) is 4. The highest BCUT2D eigenvalue weighted by molar-refractivity contribution is 5.91. The van der Waals surface area contributed by atoms with E-state index in [9.17, 15) is 4.79 Å². The molecule has 1 saturated heterocycles. The highest BCUT2D eigenvalue weighted by Gasteiger charge is 2.32. The number of methoxy groups -OCH3 is 2. The number of rotatable bonds is 6. The Labute approximate surface area is 170 Å². The fourth-order valence-electron chi connectivity index (χ4n) is 4.13. The molecule has 2 N–H and O–H groups in total. The van der Waals surface area contributed by atoms with Gasteiger partial charge in [-0.15, -0.1) is 0 Å². The van der Waals surface area contributed by atoms with Crippen molar-refractivity contribution < 1.29 is 28.6 Å². The van der Waals surface area contributed by atoms with Crippen LogP contribution >= 0.6 is 0 Å². The van der Waals surface area contributed by atoms with Crippen LogP contribution in [0.15, 0.2) is 36.4 Å². The maximum absolute atomic E-state index is 12.7. The summed E-state index contributed by atoms with van der Waals surface area (Å²) in [7, 11) is 3.17. The molecule has 2 aliphatic rings. The Hall–Kier alpha value is -2.93. The molecule has 2 aromatic carbocycles. The van der Waals surface area contributed by atoms with E-state index in [4.69, 9.17) is 18.9 Å². The Morgan fingerprint density at radius 2 is 1.86 bits per heavy atom. The van der Waals surface area contributed by atoms with Gasteiger partial charge in [-0.3, -0.25) is 4.79 Å². The molecule has 7 nitrogen and oxygen atoms in total. The van der Waals surface area contributed by atoms with Gasteiger partial charge >= 0.3 is 0 Å². The van der Waals surface area contributed by atoms with Gasteiger partial charge < -0.3 is 29.2 Å². The summed E-state index contributed by atoms with van der Waals surface area (Å²) >= 11 is 0. The van der Waals surface area contributed by atoms with Gasteiger partial charge in [-0.25, -0.2) is 0 Å². The predicted octanol–water partition coefficient (Wildman–Crippen LogP) is 1.83. The molecule has 154 valence electrons. The van der Waals surface area contributed by atoms with Crippen molar-refractivity contribution in [3.8, 4) is 23.0 Å². The maximum atomic E-state index is 12.7. The van der Waals surface area contributed by atoms with Crippen molar-refractivity contribution in [1.29, 1.82) is 0 Å². The van der Waals surface area contributed by atoms with Crippen LogP contribution in [0.3, 0.4) is 0 Å². The van der Waals surface area contributed by atoms with Crippen molar-refractivity contribution in [3.63, 3.8) is 0 Å². The molecule has 4 rings (SSSR count). The molecule has 0 bridgehead atoms. The fourth-order valence-corrected chi connectivity index (χ4v) is 4.13. The minimum atomic E-state index is -0.0170. The number of quaternary nitrogens is 1. The van der Waals surface area contributed by atoms with Gasteiger partial charge in [0.15, 0.2) is 29.5 Å². The molecule has 0 radical (unpaired) electrons. The van der Waals surface area contributed by atoms with Crippen molar-refractivity contribution >= 4 is 11.6 Å². The topological polar surface area (TPSA) is 70.5 Å². The summed E-state index contributed by atoms with van der Waals surface area (Å²) in [6, 6.07) is 11.8. The third-order valence-electron chi connectivity index (χ3n) is 5.51. The quantitative estimate of drug-likeness (QED) is 0.776. The van der Waals surface area contributed by atoms with Crippen molar-refractivity contribution in [2.75, 3.05) is 45.8 Å². The van der Waals surface area contributed by atoms with Crippen LogP contribution in [0, 0.1) is 0 Å². The van der Waals surface area contributed by atoms with E-state index >= 15 is 0 Å². The lowest BCUT2D eigenvalue weighted by Crippen LogP contribution is -3.11. The van der Waals surface area contributed by atoms with Crippen molar-refractivity contribution in [1.82, 2.24) is 0 Å². The average molecular weight is 399 g/mol. The zero-order valence-corrected chi connectivity index (χ0v) is 16.8. The molecule has 0 aliphatic carbocycles. The Balaban J connectivity index is 1.42. The number of fused-ring (bicyclic) bond motifs is 1. The van der Waals surface area contributed by atoms with Gasteiger partial charge in [-0.05, 0) is 30.3 Å². The minimum Gasteiger partial charge on any atom is -0.493 e. The summed E-state index contributed by atoms with van der Waals surface area (Å²) in [5.41, 5.74) is 1.89. The van der Waals surface area contributed by atoms with Crippen LogP contribution in [0.25, 0.3) is 0 Å². The summed E-state index contributed by atoms with van der Waals surface area (Å²) in [4.78, 5) is 13.9. The normalized spacial score (nSPS) is 20.2. The zero-order chi connectivity index (χ0) is 20.2. The highest BCUT2D eigenvalue weighted by Crippen LogP contribution is 2.33. The maximum Gasteiger partial charge on any atom is 0.279 e. The summed E-state index contributed by atoms with van der Waals surface area (Å²) in [5, 5.41) is 2.98. The van der Waals surface area contributed by atoms with Gasteiger partial charge in [-0.2, -0.15) is 0 Å². The lowest BCUT2D eigenvalue weighted by Gasteiger charge is -2.24. The lowest BCUT2D eigenvalue weighted by molar-refractivity contribution is -0.910. The van der Waals surface area contributed by atoms with Crippen LogP contribution in [-0.4, -0.2) is 46.4 Å². The Morgan fingerprint density at radius 3 is 2.66 bits per heavy atom. The summed E-state index contributed by atoms with van der Waals surface area (Å²) in [6.45, 7) is 2.54. The van der Waals surface area contributed by atoms with Gasteiger partial charge in [0.2, 0.25) is 0 Å². The molecule has 2 atom stereocenters. The van der Waals surface area contributed by atoms with Gasteiger partial charge in [0.05, 0.1) is 20.8 Å². The van der Waals surface area contributed by atoms with Crippen LogP contribution < -0.4 is 29.2 Å². The highest BCUT2D eigenvalue weighted by atomic mass is 16.6. The van der Waals surface area contributed by atoms with Gasteiger partial charge in [0.25, 0.3) is 5.91 Å². The number of anilines is 1. The van der Waals surface area contributed by atoms with Crippen LogP contribution in [0.4, 0.5) is 5.69 Å². The van der Waals surface area contributed by atoms with E-state index in [2.05, 4.69) is 17.4 Å². The van der Waals surface area contributed by atoms with Crippen LogP contribution in [-0.2, 0) is 4.79 Å². The first-order chi connectivity index (χ1) is 14.2. The Bertz CT molecular complexity index is 886. The molecule has 2 aliphatic heterocycles. The summed E-state index contributed by atoms with van der Waals surface area (Å²) < 4.78 is 21.9. The summed E-state index contributed by atoms with van der Waals surface area (Å²) in [6.07, 6.45) is 2.15. The van der Waals surface area contributed by atoms with Gasteiger partial charge in [-0.1, -0.05) is 0 Å². The first-order valence-electron chi connectivity index (χ1n) is 9.94. The Morgan fingerprint density at radius 1 is 1.07 bits per heavy atom. The van der Waals surface area contributed by atoms with Crippen LogP contribution in [0.1, 0.15) is 24.4 Å². The third kappa shape index (κ3) is 4.24. The van der Waals surface area contributed by atoms with Gasteiger partial charge in [0, 0.05) is 30.2 Å². The van der Waals surface area contributed by atoms with E-state index < -0.39 is 0 Å². The molecule has 0 saturated carbocycles. The minimum absolute atomic E-state index is 0.0170. The monoisotopic (exact) mass is 399 g/mol. The van der Waals surface area contributed by atoms with E-state index in [1.54, 1.807) is 26.4 Å². The number of carbonyl (C=O) groups is 1. The van der Waals surface area contributed by atoms with E-state index in [-0.39, 0.29) is 11.9 Å². The molecule has 1 amide bonds. The standard InChI is InChI=1S/C22H26N2O5/c1-26-18-8-6-16(13-20(18)27-2)23-22(25)14-24-9-3-4-17(24)15-5-7-19-21(12-15)29-11-10-28-19/h5-8,12-13,17H,3-4,9-11,14H2,1-2H3,(H,23,25)/p+1/t17-/m0/s1. The molecule has 1 fully saturated rings. The third-order valence-corrected chi connectivity index (χ3v) is 5.51. The molecule has 0 aromatic heterocycles. The second kappa shape index (κ2) is 8.61. The number of hydrogen-bond acceptors (Lipinski definition) is 5. The average Bonchev–Trinajstić information content (AvgIpc) is 3.21. The van der Waals surface area contributed by atoms with E-state index in [0.717, 1.165) is 30.9 Å². The number of amides is 1. The van der Waals surface area contributed by atoms with Crippen molar-refractivity contribution in [3.05, 3.63) is 42.0 Å². The fraction of sp³-hybridized carbons (Fsp3) is 0.409. The predicted molar refractivity (Wildman–Crippen MR) is 108 cm³/mol. The molecule has 2 heterocycles. The van der Waals surface area contributed by atoms with Crippen molar-refractivity contribution in [2.24, 2.45) is 0 Å². The SMILES string of the molecule is COc1ccc(NC(=O)C[NH+]2CCC[C@H]2c2ccc3c(c2)OCCO3)cc1OC. The number of likely N-dealkylation sites (tertiary alicyclic amines) is 1. The Kier molecular flexibility index (Phi) is 5.76. The summed E-state index contributed by atoms with van der Waals surface area (Å²) in [5.74, 6) is 2.81. The number of hydrogen-bond donors (Lipinski definition) is 2. The molecule has 0 spiro atoms. The molecule has 2 aromatic rings.